The van der Waals surface area contributed by atoms with E-state index < -0.39 is 5.97 Å². The monoisotopic (exact) mass is 466 g/mol. The highest BCUT2D eigenvalue weighted by molar-refractivity contribution is 8.00. The zero-order valence-corrected chi connectivity index (χ0v) is 18.3. The molecule has 0 radical (unpaired) electrons. The molecule has 0 saturated heterocycles. The molecule has 0 aromatic heterocycles. The summed E-state index contributed by atoms with van der Waals surface area (Å²) in [5.41, 5.74) is 1.86. The Labute approximate surface area is 194 Å². The van der Waals surface area contributed by atoms with Gasteiger partial charge in [-0.15, -0.1) is 11.8 Å². The van der Waals surface area contributed by atoms with Crippen LogP contribution >= 0.6 is 23.4 Å². The predicted molar refractivity (Wildman–Crippen MR) is 128 cm³/mol. The molecule has 0 fully saturated rings. The molecule has 0 aliphatic rings. The summed E-state index contributed by atoms with van der Waals surface area (Å²) in [4.78, 5) is 36.2. The van der Waals surface area contributed by atoms with Crippen LogP contribution in [0.2, 0.25) is 5.02 Å². The predicted octanol–water partition coefficient (Wildman–Crippen LogP) is 5.42. The fourth-order valence-electron chi connectivity index (χ4n) is 2.64. The number of carboxylic acids is 1. The molecule has 6 nitrogen and oxygen atoms in total. The lowest BCUT2D eigenvalue weighted by molar-refractivity contribution is -0.114. The average molecular weight is 467 g/mol. The number of anilines is 2. The molecule has 0 atom stereocenters. The van der Waals surface area contributed by atoms with Crippen LogP contribution in [0.5, 0.6) is 0 Å². The van der Waals surface area contributed by atoms with Crippen molar-refractivity contribution in [3.8, 4) is 0 Å². The van der Waals surface area contributed by atoms with E-state index in [1.165, 1.54) is 36.0 Å². The molecule has 2 amide bonds. The van der Waals surface area contributed by atoms with Crippen molar-refractivity contribution in [3.63, 3.8) is 0 Å². The number of thioether (sulfide) groups is 1. The zero-order chi connectivity index (χ0) is 22.9. The summed E-state index contributed by atoms with van der Waals surface area (Å²) in [5.74, 6) is -1.55. The highest BCUT2D eigenvalue weighted by Gasteiger charge is 2.11. The lowest BCUT2D eigenvalue weighted by Gasteiger charge is -2.08. The van der Waals surface area contributed by atoms with Crippen LogP contribution in [0, 0.1) is 0 Å². The molecule has 162 valence electrons. The Morgan fingerprint density at radius 1 is 0.938 bits per heavy atom. The molecule has 3 aromatic carbocycles. The van der Waals surface area contributed by atoms with E-state index in [1.54, 1.807) is 30.3 Å². The van der Waals surface area contributed by atoms with E-state index in [1.807, 2.05) is 30.3 Å². The highest BCUT2D eigenvalue weighted by atomic mass is 35.5. The van der Waals surface area contributed by atoms with Crippen LogP contribution in [0.4, 0.5) is 11.4 Å². The minimum atomic E-state index is -1.10. The maximum absolute atomic E-state index is 12.2. The van der Waals surface area contributed by atoms with Crippen LogP contribution in [0.15, 0.2) is 83.8 Å². The fourth-order valence-corrected chi connectivity index (χ4v) is 3.51. The summed E-state index contributed by atoms with van der Waals surface area (Å²) in [5, 5.41) is 14.7. The van der Waals surface area contributed by atoms with E-state index in [4.69, 9.17) is 16.7 Å². The number of rotatable bonds is 8. The lowest BCUT2D eigenvalue weighted by Crippen LogP contribution is -2.15. The van der Waals surface area contributed by atoms with Crippen LogP contribution in [0.1, 0.15) is 15.9 Å². The van der Waals surface area contributed by atoms with Gasteiger partial charge in [0.15, 0.2) is 0 Å². The standard InChI is InChI=1S/C24H19ClN2O4S/c25-20-12-7-17(24(30)31)14-21(20)27-23(29)15-32-19-10-8-18(9-11-19)26-22(28)13-6-16-4-2-1-3-5-16/h1-14H,15H2,(H,26,28)(H,27,29)(H,30,31)/b13-6+. The highest BCUT2D eigenvalue weighted by Crippen LogP contribution is 2.25. The quantitative estimate of drug-likeness (QED) is 0.304. The summed E-state index contributed by atoms with van der Waals surface area (Å²) in [6, 6.07) is 20.7. The van der Waals surface area contributed by atoms with Gasteiger partial charge in [0.2, 0.25) is 11.8 Å². The number of amides is 2. The first kappa shape index (κ1) is 23.1. The topological polar surface area (TPSA) is 95.5 Å². The fraction of sp³-hybridized carbons (Fsp3) is 0.0417. The number of aromatic carboxylic acids is 1. The summed E-state index contributed by atoms with van der Waals surface area (Å²) >= 11 is 7.33. The van der Waals surface area contributed by atoms with Crippen LogP contribution in [0.3, 0.4) is 0 Å². The first-order valence-corrected chi connectivity index (χ1v) is 10.9. The number of nitrogens with one attached hydrogen (secondary N) is 2. The van der Waals surface area contributed by atoms with E-state index in [9.17, 15) is 14.4 Å². The van der Waals surface area contributed by atoms with Gasteiger partial charge < -0.3 is 15.7 Å². The summed E-state index contributed by atoms with van der Waals surface area (Å²) in [6.45, 7) is 0. The Hall–Kier alpha value is -3.55. The van der Waals surface area contributed by atoms with Gasteiger partial charge in [-0.2, -0.15) is 0 Å². The number of carbonyl (C=O) groups is 3. The minimum absolute atomic E-state index is 0.0357. The molecule has 0 unspecified atom stereocenters. The molecule has 3 N–H and O–H groups in total. The van der Waals surface area contributed by atoms with Crippen LogP contribution in [0.25, 0.3) is 6.08 Å². The van der Waals surface area contributed by atoms with Gasteiger partial charge in [-0.3, -0.25) is 9.59 Å². The van der Waals surface area contributed by atoms with Gasteiger partial charge in [0.05, 0.1) is 22.0 Å². The average Bonchev–Trinajstić information content (AvgIpc) is 2.79. The molecular formula is C24H19ClN2O4S. The largest absolute Gasteiger partial charge is 0.478 e. The van der Waals surface area contributed by atoms with E-state index in [-0.39, 0.29) is 33.8 Å². The maximum Gasteiger partial charge on any atom is 0.335 e. The zero-order valence-electron chi connectivity index (χ0n) is 16.7. The van der Waals surface area contributed by atoms with E-state index in [0.717, 1.165) is 10.5 Å². The Kier molecular flexibility index (Phi) is 8.08. The summed E-state index contributed by atoms with van der Waals surface area (Å²) in [6.07, 6.45) is 3.20. The molecule has 3 rings (SSSR count). The molecular weight excluding hydrogens is 448 g/mol. The van der Waals surface area contributed by atoms with Crippen molar-refractivity contribution in [2.75, 3.05) is 16.4 Å². The maximum atomic E-state index is 12.2. The second kappa shape index (κ2) is 11.2. The van der Waals surface area contributed by atoms with Crippen molar-refractivity contribution in [1.29, 1.82) is 0 Å². The number of carboxylic acid groups (broad SMARTS) is 1. The van der Waals surface area contributed by atoms with Crippen molar-refractivity contribution < 1.29 is 19.5 Å². The van der Waals surface area contributed by atoms with Crippen LogP contribution < -0.4 is 10.6 Å². The third kappa shape index (κ3) is 7.01. The molecule has 32 heavy (non-hydrogen) atoms. The first-order chi connectivity index (χ1) is 15.4. The molecule has 0 spiro atoms. The molecule has 0 aliphatic heterocycles. The van der Waals surface area contributed by atoms with Gasteiger partial charge in [0.25, 0.3) is 0 Å². The third-order valence-corrected chi connectivity index (χ3v) is 5.55. The Morgan fingerprint density at radius 2 is 1.66 bits per heavy atom. The van der Waals surface area contributed by atoms with Gasteiger partial charge >= 0.3 is 5.97 Å². The van der Waals surface area contributed by atoms with E-state index in [0.29, 0.717) is 5.69 Å². The van der Waals surface area contributed by atoms with E-state index >= 15 is 0 Å². The Balaban J connectivity index is 1.50. The summed E-state index contributed by atoms with van der Waals surface area (Å²) in [7, 11) is 0. The molecule has 3 aromatic rings. The third-order valence-electron chi connectivity index (χ3n) is 4.21. The smallest absolute Gasteiger partial charge is 0.335 e. The van der Waals surface area contributed by atoms with Gasteiger partial charge in [0.1, 0.15) is 0 Å². The first-order valence-electron chi connectivity index (χ1n) is 9.50. The SMILES string of the molecule is O=C(/C=C/c1ccccc1)Nc1ccc(SCC(=O)Nc2cc(C(=O)O)ccc2Cl)cc1. The van der Waals surface area contributed by atoms with Gasteiger partial charge in [-0.05, 0) is 54.1 Å². The van der Waals surface area contributed by atoms with Crippen molar-refractivity contribution in [1.82, 2.24) is 0 Å². The number of benzene rings is 3. The molecule has 0 saturated carbocycles. The molecule has 0 heterocycles. The number of carbonyl (C=O) groups excluding carboxylic acids is 2. The summed E-state index contributed by atoms with van der Waals surface area (Å²) < 4.78 is 0. The lowest BCUT2D eigenvalue weighted by atomic mass is 10.2. The van der Waals surface area contributed by atoms with Gasteiger partial charge in [-0.1, -0.05) is 41.9 Å². The Morgan fingerprint density at radius 3 is 2.34 bits per heavy atom. The van der Waals surface area contributed by atoms with Gasteiger partial charge in [0, 0.05) is 16.7 Å². The molecule has 8 heteroatoms. The van der Waals surface area contributed by atoms with Crippen molar-refractivity contribution in [3.05, 3.63) is 95.0 Å². The molecule has 0 aliphatic carbocycles. The number of halogens is 1. The minimum Gasteiger partial charge on any atom is -0.478 e. The Bertz CT molecular complexity index is 1150. The van der Waals surface area contributed by atoms with Crippen LogP contribution in [-0.2, 0) is 9.59 Å². The second-order valence-electron chi connectivity index (χ2n) is 6.59. The van der Waals surface area contributed by atoms with Gasteiger partial charge in [-0.25, -0.2) is 4.79 Å². The number of hydrogen-bond donors (Lipinski definition) is 3. The molecule has 0 bridgehead atoms. The normalized spacial score (nSPS) is 10.7. The number of hydrogen-bond acceptors (Lipinski definition) is 4. The van der Waals surface area contributed by atoms with Crippen LogP contribution in [-0.4, -0.2) is 28.6 Å². The second-order valence-corrected chi connectivity index (χ2v) is 8.05. The van der Waals surface area contributed by atoms with Crippen molar-refractivity contribution in [2.24, 2.45) is 0 Å². The van der Waals surface area contributed by atoms with Crippen molar-refractivity contribution >= 4 is 58.6 Å². The van der Waals surface area contributed by atoms with Crippen molar-refractivity contribution in [2.45, 2.75) is 4.90 Å². The van der Waals surface area contributed by atoms with E-state index in [2.05, 4.69) is 10.6 Å².